The van der Waals surface area contributed by atoms with Crippen LogP contribution in [0.25, 0.3) is 0 Å². The molecule has 4 atom stereocenters. The van der Waals surface area contributed by atoms with Gasteiger partial charge in [0.15, 0.2) is 0 Å². The zero-order valence-electron chi connectivity index (χ0n) is 15.3. The highest BCUT2D eigenvalue weighted by molar-refractivity contribution is 7.87. The molecular weight excluding hydrogens is 278 g/mol. The van der Waals surface area contributed by atoms with Crippen molar-refractivity contribution in [3.8, 4) is 0 Å². The molecule has 0 aromatic rings. The topological polar surface area (TPSA) is 29.1 Å². The summed E-state index contributed by atoms with van der Waals surface area (Å²) in [7, 11) is -0.777. The van der Waals surface area contributed by atoms with E-state index in [0.717, 1.165) is 19.4 Å². The van der Waals surface area contributed by atoms with Gasteiger partial charge in [0.2, 0.25) is 0 Å². The van der Waals surface area contributed by atoms with Gasteiger partial charge in [0.25, 0.3) is 0 Å². The Labute approximate surface area is 135 Å². The zero-order chi connectivity index (χ0) is 16.3. The van der Waals surface area contributed by atoms with Crippen LogP contribution in [0.15, 0.2) is 0 Å². The summed E-state index contributed by atoms with van der Waals surface area (Å²) in [5, 5.41) is 3.98. The molecule has 2 nitrogen and oxygen atoms in total. The van der Waals surface area contributed by atoms with Gasteiger partial charge in [0.1, 0.15) is 0 Å². The summed E-state index contributed by atoms with van der Waals surface area (Å²) in [6.07, 6.45) is 5.93. The molecular formula is C18H37NOS. The summed E-state index contributed by atoms with van der Waals surface area (Å²) in [6.45, 7) is 16.7. The number of hydrogen-bond donors (Lipinski definition) is 1. The normalized spacial score (nSPS) is 29.4. The summed E-state index contributed by atoms with van der Waals surface area (Å²) in [5.41, 5.74) is 0.371. The van der Waals surface area contributed by atoms with E-state index >= 15 is 0 Å². The fourth-order valence-electron chi connectivity index (χ4n) is 3.38. The van der Waals surface area contributed by atoms with Gasteiger partial charge in [-0.15, -0.1) is 0 Å². The Kier molecular flexibility index (Phi) is 6.92. The summed E-state index contributed by atoms with van der Waals surface area (Å²) >= 11 is 0. The van der Waals surface area contributed by atoms with Gasteiger partial charge in [-0.1, -0.05) is 34.1 Å². The van der Waals surface area contributed by atoms with Crippen molar-refractivity contribution >= 4 is 10.8 Å². The van der Waals surface area contributed by atoms with E-state index in [1.54, 1.807) is 0 Å². The van der Waals surface area contributed by atoms with Gasteiger partial charge < -0.3 is 5.32 Å². The molecule has 0 aliphatic heterocycles. The van der Waals surface area contributed by atoms with E-state index < -0.39 is 10.8 Å². The standard InChI is InChI=1S/C18H37NOS/c1-8-12-19-15-11-10-14(18(6,7)9-2)13-16(15)21(20)17(3,4)5/h14-16,19H,8-13H2,1-7H3. The summed E-state index contributed by atoms with van der Waals surface area (Å²) in [4.78, 5) is 0. The second-order valence-electron chi connectivity index (χ2n) is 8.36. The van der Waals surface area contributed by atoms with E-state index in [2.05, 4.69) is 53.8 Å². The van der Waals surface area contributed by atoms with Crippen LogP contribution in [-0.4, -0.2) is 26.8 Å². The van der Waals surface area contributed by atoms with Crippen molar-refractivity contribution in [3.63, 3.8) is 0 Å². The lowest BCUT2D eigenvalue weighted by Crippen LogP contribution is -2.51. The van der Waals surface area contributed by atoms with Gasteiger partial charge in [-0.05, 0) is 64.3 Å². The molecule has 0 heterocycles. The van der Waals surface area contributed by atoms with Gasteiger partial charge in [0, 0.05) is 21.6 Å². The molecule has 0 spiro atoms. The molecule has 0 aromatic heterocycles. The molecule has 3 heteroatoms. The lowest BCUT2D eigenvalue weighted by atomic mass is 9.68. The molecule has 21 heavy (non-hydrogen) atoms. The van der Waals surface area contributed by atoms with Gasteiger partial charge in [0.05, 0.1) is 5.25 Å². The molecule has 0 saturated heterocycles. The third kappa shape index (κ3) is 5.06. The first-order valence-corrected chi connectivity index (χ1v) is 9.98. The minimum absolute atomic E-state index is 0.116. The van der Waals surface area contributed by atoms with Crippen LogP contribution in [0.2, 0.25) is 0 Å². The quantitative estimate of drug-likeness (QED) is 0.781. The Morgan fingerprint density at radius 3 is 2.19 bits per heavy atom. The first-order chi connectivity index (χ1) is 9.63. The van der Waals surface area contributed by atoms with Crippen LogP contribution in [0, 0.1) is 11.3 Å². The first-order valence-electron chi connectivity index (χ1n) is 8.77. The van der Waals surface area contributed by atoms with Crippen LogP contribution in [0.3, 0.4) is 0 Å². The maximum Gasteiger partial charge on any atom is 0.0509 e. The Bertz CT molecular complexity index is 346. The largest absolute Gasteiger partial charge is 0.313 e. The first kappa shape index (κ1) is 19.2. The molecule has 0 radical (unpaired) electrons. The minimum Gasteiger partial charge on any atom is -0.313 e. The van der Waals surface area contributed by atoms with Crippen molar-refractivity contribution in [2.75, 3.05) is 6.54 Å². The summed E-state index contributed by atoms with van der Waals surface area (Å²) in [6, 6.07) is 0.439. The second kappa shape index (κ2) is 7.59. The molecule has 1 saturated carbocycles. The monoisotopic (exact) mass is 315 g/mol. The number of nitrogens with one attached hydrogen (secondary N) is 1. The van der Waals surface area contributed by atoms with E-state index in [0.29, 0.717) is 22.6 Å². The molecule has 4 unspecified atom stereocenters. The Hall–Kier alpha value is 0.110. The number of rotatable bonds is 6. The second-order valence-corrected chi connectivity index (χ2v) is 10.8. The molecule has 1 rings (SSSR count). The van der Waals surface area contributed by atoms with Crippen molar-refractivity contribution < 1.29 is 4.21 Å². The maximum absolute atomic E-state index is 13.0. The zero-order valence-corrected chi connectivity index (χ0v) is 16.1. The summed E-state index contributed by atoms with van der Waals surface area (Å²) < 4.78 is 12.9. The van der Waals surface area contributed by atoms with E-state index in [9.17, 15) is 4.21 Å². The molecule has 1 N–H and O–H groups in total. The lowest BCUT2D eigenvalue weighted by molar-refractivity contribution is 0.139. The SMILES string of the molecule is CCCNC1CCC(C(C)(C)CC)CC1S(=O)C(C)(C)C. The van der Waals surface area contributed by atoms with Crippen LogP contribution < -0.4 is 5.32 Å². The van der Waals surface area contributed by atoms with Crippen molar-refractivity contribution in [1.82, 2.24) is 5.32 Å². The predicted molar refractivity (Wildman–Crippen MR) is 95.2 cm³/mol. The lowest BCUT2D eigenvalue weighted by Gasteiger charge is -2.44. The van der Waals surface area contributed by atoms with Crippen molar-refractivity contribution in [2.24, 2.45) is 11.3 Å². The number of hydrogen-bond acceptors (Lipinski definition) is 2. The highest BCUT2D eigenvalue weighted by Crippen LogP contribution is 2.42. The maximum atomic E-state index is 13.0. The predicted octanol–water partition coefficient (Wildman–Crippen LogP) is 4.51. The van der Waals surface area contributed by atoms with Crippen LogP contribution in [-0.2, 0) is 10.8 Å². The molecule has 126 valence electrons. The molecule has 1 aliphatic rings. The van der Waals surface area contributed by atoms with Crippen molar-refractivity contribution in [3.05, 3.63) is 0 Å². The molecule has 0 aromatic carbocycles. The average molecular weight is 316 g/mol. The molecule has 0 bridgehead atoms. The van der Waals surface area contributed by atoms with E-state index in [4.69, 9.17) is 0 Å². The Balaban J connectivity index is 2.89. The fraction of sp³-hybridized carbons (Fsp3) is 1.00. The van der Waals surface area contributed by atoms with Gasteiger partial charge in [-0.25, -0.2) is 0 Å². The highest BCUT2D eigenvalue weighted by atomic mass is 32.2. The van der Waals surface area contributed by atoms with Gasteiger partial charge >= 0.3 is 0 Å². The smallest absolute Gasteiger partial charge is 0.0509 e. The Morgan fingerprint density at radius 2 is 1.71 bits per heavy atom. The average Bonchev–Trinajstić information content (AvgIpc) is 2.43. The van der Waals surface area contributed by atoms with E-state index in [-0.39, 0.29) is 4.75 Å². The van der Waals surface area contributed by atoms with E-state index in [1.165, 1.54) is 19.3 Å². The minimum atomic E-state index is -0.777. The Morgan fingerprint density at radius 1 is 1.10 bits per heavy atom. The third-order valence-corrected chi connectivity index (χ3v) is 7.62. The van der Waals surface area contributed by atoms with Gasteiger partial charge in [-0.3, -0.25) is 4.21 Å². The molecule has 0 amide bonds. The van der Waals surface area contributed by atoms with Crippen LogP contribution in [0.5, 0.6) is 0 Å². The van der Waals surface area contributed by atoms with Crippen LogP contribution in [0.4, 0.5) is 0 Å². The van der Waals surface area contributed by atoms with Crippen LogP contribution in [0.1, 0.15) is 80.6 Å². The van der Waals surface area contributed by atoms with Crippen molar-refractivity contribution in [2.45, 2.75) is 96.6 Å². The summed E-state index contributed by atoms with van der Waals surface area (Å²) in [5.74, 6) is 0.707. The van der Waals surface area contributed by atoms with Crippen LogP contribution >= 0.6 is 0 Å². The van der Waals surface area contributed by atoms with E-state index in [1.807, 2.05) is 0 Å². The molecule has 1 fully saturated rings. The van der Waals surface area contributed by atoms with Gasteiger partial charge in [-0.2, -0.15) is 0 Å². The molecule has 1 aliphatic carbocycles. The third-order valence-electron chi connectivity index (χ3n) is 5.34. The van der Waals surface area contributed by atoms with Crippen molar-refractivity contribution in [1.29, 1.82) is 0 Å². The highest BCUT2D eigenvalue weighted by Gasteiger charge is 2.42. The fourth-order valence-corrected chi connectivity index (χ4v) is 5.23.